The topological polar surface area (TPSA) is 75.2 Å². The normalized spacial score (nSPS) is 13.0. The van der Waals surface area contributed by atoms with E-state index in [2.05, 4.69) is 15.3 Å². The Hall–Kier alpha value is -4.06. The van der Waals surface area contributed by atoms with Gasteiger partial charge in [-0.3, -0.25) is 14.6 Å². The van der Waals surface area contributed by atoms with Crippen LogP contribution in [0.15, 0.2) is 79.0 Å². The maximum Gasteiger partial charge on any atom is 0.275 e. The van der Waals surface area contributed by atoms with Crippen molar-refractivity contribution in [2.24, 2.45) is 0 Å². The van der Waals surface area contributed by atoms with Gasteiger partial charge in [0.25, 0.3) is 11.8 Å². The molecule has 1 aliphatic rings. The number of aryl methyl sites for hydroxylation is 1. The molecule has 0 radical (unpaired) electrons. The van der Waals surface area contributed by atoms with Crippen LogP contribution < -0.4 is 10.2 Å². The molecular weight excluding hydrogens is 388 g/mol. The zero-order valence-electron chi connectivity index (χ0n) is 16.8. The van der Waals surface area contributed by atoms with Crippen LogP contribution in [0.4, 0.5) is 11.4 Å². The standard InChI is InChI=1S/C25H20N4O2/c30-24(22-16-26-20-10-4-5-11-21(20)28-22)27-19-12-13-23-18(15-19)9-6-14-29(23)25(31)17-7-2-1-3-8-17/h1-5,7-8,10-13,15-16H,6,9,14H2,(H,27,30). The number of amides is 2. The van der Waals surface area contributed by atoms with Gasteiger partial charge in [0.2, 0.25) is 0 Å². The second-order valence-electron chi connectivity index (χ2n) is 7.47. The van der Waals surface area contributed by atoms with Gasteiger partial charge in [0.05, 0.1) is 17.2 Å². The van der Waals surface area contributed by atoms with E-state index in [1.54, 1.807) is 0 Å². The van der Waals surface area contributed by atoms with Gasteiger partial charge >= 0.3 is 0 Å². The molecule has 6 nitrogen and oxygen atoms in total. The van der Waals surface area contributed by atoms with Crippen LogP contribution in [0.5, 0.6) is 0 Å². The van der Waals surface area contributed by atoms with E-state index in [-0.39, 0.29) is 17.5 Å². The van der Waals surface area contributed by atoms with Gasteiger partial charge < -0.3 is 10.2 Å². The van der Waals surface area contributed by atoms with E-state index in [9.17, 15) is 9.59 Å². The van der Waals surface area contributed by atoms with Gasteiger partial charge in [-0.2, -0.15) is 0 Å². The third-order valence-electron chi connectivity index (χ3n) is 5.40. The first-order chi connectivity index (χ1) is 15.2. The van der Waals surface area contributed by atoms with E-state index < -0.39 is 0 Å². The first kappa shape index (κ1) is 18.9. The predicted octanol–water partition coefficient (Wildman–Crippen LogP) is 4.48. The van der Waals surface area contributed by atoms with Gasteiger partial charge in [-0.05, 0) is 60.9 Å². The molecule has 0 aliphatic carbocycles. The molecule has 4 aromatic rings. The lowest BCUT2D eigenvalue weighted by molar-refractivity contribution is 0.0983. The fourth-order valence-corrected chi connectivity index (χ4v) is 3.88. The summed E-state index contributed by atoms with van der Waals surface area (Å²) in [4.78, 5) is 36.2. The Balaban J connectivity index is 1.38. The minimum atomic E-state index is -0.314. The molecule has 2 amide bonds. The number of nitrogens with one attached hydrogen (secondary N) is 1. The summed E-state index contributed by atoms with van der Waals surface area (Å²) in [6, 6.07) is 22.4. The number of para-hydroxylation sites is 2. The van der Waals surface area contributed by atoms with Crippen LogP contribution in [-0.4, -0.2) is 28.3 Å². The average Bonchev–Trinajstić information content (AvgIpc) is 2.83. The third kappa shape index (κ3) is 3.75. The minimum Gasteiger partial charge on any atom is -0.321 e. The van der Waals surface area contributed by atoms with Crippen LogP contribution in [0.2, 0.25) is 0 Å². The lowest BCUT2D eigenvalue weighted by Crippen LogP contribution is -2.35. The van der Waals surface area contributed by atoms with E-state index >= 15 is 0 Å². The Kier molecular flexibility index (Phi) is 4.88. The molecule has 0 spiro atoms. The minimum absolute atomic E-state index is 0.00947. The highest BCUT2D eigenvalue weighted by molar-refractivity contribution is 6.07. The molecule has 2 heterocycles. The van der Waals surface area contributed by atoms with E-state index in [1.807, 2.05) is 77.7 Å². The lowest BCUT2D eigenvalue weighted by atomic mass is 10.00. The Bertz CT molecular complexity index is 1290. The highest BCUT2D eigenvalue weighted by atomic mass is 16.2. The summed E-state index contributed by atoms with van der Waals surface area (Å²) in [7, 11) is 0. The number of hydrogen-bond donors (Lipinski definition) is 1. The number of aromatic nitrogens is 2. The molecule has 31 heavy (non-hydrogen) atoms. The van der Waals surface area contributed by atoms with Crippen molar-refractivity contribution in [2.45, 2.75) is 12.8 Å². The first-order valence-electron chi connectivity index (χ1n) is 10.2. The highest BCUT2D eigenvalue weighted by Gasteiger charge is 2.24. The smallest absolute Gasteiger partial charge is 0.275 e. The molecule has 0 atom stereocenters. The third-order valence-corrected chi connectivity index (χ3v) is 5.40. The van der Waals surface area contributed by atoms with Crippen LogP contribution in [0.25, 0.3) is 11.0 Å². The number of benzene rings is 3. The molecule has 152 valence electrons. The molecule has 1 N–H and O–H groups in total. The van der Waals surface area contributed by atoms with Crippen molar-refractivity contribution in [2.75, 3.05) is 16.8 Å². The highest BCUT2D eigenvalue weighted by Crippen LogP contribution is 2.31. The Morgan fingerprint density at radius 1 is 0.903 bits per heavy atom. The van der Waals surface area contributed by atoms with Crippen LogP contribution >= 0.6 is 0 Å². The van der Waals surface area contributed by atoms with E-state index in [1.165, 1.54) is 6.20 Å². The summed E-state index contributed by atoms with van der Waals surface area (Å²) in [5, 5.41) is 2.90. The van der Waals surface area contributed by atoms with Crippen molar-refractivity contribution in [1.82, 2.24) is 9.97 Å². The van der Waals surface area contributed by atoms with Crippen LogP contribution in [0.1, 0.15) is 32.8 Å². The zero-order chi connectivity index (χ0) is 21.2. The summed E-state index contributed by atoms with van der Waals surface area (Å²) >= 11 is 0. The molecule has 1 aromatic heterocycles. The number of hydrogen-bond acceptors (Lipinski definition) is 4. The van der Waals surface area contributed by atoms with Gasteiger partial charge in [-0.15, -0.1) is 0 Å². The number of carbonyl (C=O) groups excluding carboxylic acids is 2. The zero-order valence-corrected chi connectivity index (χ0v) is 16.8. The Labute approximate surface area is 179 Å². The van der Waals surface area contributed by atoms with Crippen molar-refractivity contribution in [3.8, 4) is 0 Å². The molecule has 1 aliphatic heterocycles. The fraction of sp³-hybridized carbons (Fsp3) is 0.120. The summed E-state index contributed by atoms with van der Waals surface area (Å²) in [5.41, 5.74) is 4.96. The Morgan fingerprint density at radius 3 is 2.52 bits per heavy atom. The predicted molar refractivity (Wildman–Crippen MR) is 120 cm³/mol. The van der Waals surface area contributed by atoms with E-state index in [0.717, 1.165) is 29.6 Å². The van der Waals surface area contributed by atoms with Crippen LogP contribution in [0.3, 0.4) is 0 Å². The number of anilines is 2. The molecule has 0 saturated carbocycles. The van der Waals surface area contributed by atoms with Crippen molar-refractivity contribution in [1.29, 1.82) is 0 Å². The molecule has 0 fully saturated rings. The van der Waals surface area contributed by atoms with E-state index in [4.69, 9.17) is 0 Å². The molecule has 0 saturated heterocycles. The largest absolute Gasteiger partial charge is 0.321 e. The van der Waals surface area contributed by atoms with Gasteiger partial charge in [-0.25, -0.2) is 4.98 Å². The van der Waals surface area contributed by atoms with Gasteiger partial charge in [0.1, 0.15) is 5.69 Å². The van der Waals surface area contributed by atoms with E-state index in [0.29, 0.717) is 23.3 Å². The first-order valence-corrected chi connectivity index (χ1v) is 10.2. The Morgan fingerprint density at radius 2 is 1.68 bits per heavy atom. The van der Waals surface area contributed by atoms with Crippen LogP contribution in [-0.2, 0) is 6.42 Å². The number of fused-ring (bicyclic) bond motifs is 2. The second-order valence-corrected chi connectivity index (χ2v) is 7.47. The number of carbonyl (C=O) groups is 2. The summed E-state index contributed by atoms with van der Waals surface area (Å²) in [6.07, 6.45) is 3.21. The summed E-state index contributed by atoms with van der Waals surface area (Å²) in [5.74, 6) is -0.323. The van der Waals surface area contributed by atoms with Crippen molar-refractivity contribution >= 4 is 34.2 Å². The van der Waals surface area contributed by atoms with Gasteiger partial charge in [0.15, 0.2) is 0 Å². The number of nitrogens with zero attached hydrogens (tertiary/aromatic N) is 3. The van der Waals surface area contributed by atoms with Crippen molar-refractivity contribution < 1.29 is 9.59 Å². The quantitative estimate of drug-likeness (QED) is 0.543. The molecular formula is C25H20N4O2. The average molecular weight is 408 g/mol. The van der Waals surface area contributed by atoms with Gasteiger partial charge in [0, 0.05) is 23.5 Å². The van der Waals surface area contributed by atoms with Crippen molar-refractivity contribution in [3.63, 3.8) is 0 Å². The monoisotopic (exact) mass is 408 g/mol. The molecule has 5 rings (SSSR count). The number of rotatable bonds is 3. The van der Waals surface area contributed by atoms with Crippen molar-refractivity contribution in [3.05, 3.63) is 95.8 Å². The maximum absolute atomic E-state index is 13.0. The maximum atomic E-state index is 13.0. The fourth-order valence-electron chi connectivity index (χ4n) is 3.88. The SMILES string of the molecule is O=C(Nc1ccc2c(c1)CCCN2C(=O)c1ccccc1)c1cnc2ccccc2n1. The van der Waals surface area contributed by atoms with Gasteiger partial charge in [-0.1, -0.05) is 30.3 Å². The summed E-state index contributed by atoms with van der Waals surface area (Å²) < 4.78 is 0. The molecule has 6 heteroatoms. The second kappa shape index (κ2) is 7.99. The molecule has 3 aromatic carbocycles. The molecule has 0 bridgehead atoms. The van der Waals surface area contributed by atoms with Crippen LogP contribution in [0, 0.1) is 0 Å². The summed E-state index contributed by atoms with van der Waals surface area (Å²) in [6.45, 7) is 0.680. The lowest BCUT2D eigenvalue weighted by Gasteiger charge is -2.30. The molecule has 0 unspecified atom stereocenters.